The van der Waals surface area contributed by atoms with E-state index in [0.29, 0.717) is 22.6 Å². The summed E-state index contributed by atoms with van der Waals surface area (Å²) in [6.07, 6.45) is 0. The zero-order valence-corrected chi connectivity index (χ0v) is 23.6. The third kappa shape index (κ3) is 6.94. The van der Waals surface area contributed by atoms with Gasteiger partial charge in [0.2, 0.25) is 0 Å². The van der Waals surface area contributed by atoms with Gasteiger partial charge < -0.3 is 20.9 Å². The lowest BCUT2D eigenvalue weighted by atomic mass is 9.86. The fourth-order valence-corrected chi connectivity index (χ4v) is 4.22. The van der Waals surface area contributed by atoms with Crippen LogP contribution >= 0.6 is 0 Å². The fraction of sp³-hybridized carbons (Fsp3) is 0.265. The highest BCUT2D eigenvalue weighted by Gasteiger charge is 2.25. The molecule has 0 aliphatic heterocycles. The third-order valence-electron chi connectivity index (χ3n) is 6.45. The van der Waals surface area contributed by atoms with Crippen LogP contribution in [-0.4, -0.2) is 11.4 Å². The standard InChI is InChI=1S/C34H38N2O3/c1-32(2,3)25-11-7-23(8-12-25)31(37)24-9-17-28(18-10-24)38-29-19-13-26(14-20-29)34(35,36)27-15-21-30(22-16-27)39-33(4,5)6/h7-22H,35-36H2,1-6H3. The largest absolute Gasteiger partial charge is 0.488 e. The van der Waals surface area contributed by atoms with Gasteiger partial charge in [-0.25, -0.2) is 0 Å². The smallest absolute Gasteiger partial charge is 0.193 e. The van der Waals surface area contributed by atoms with Crippen LogP contribution in [0.2, 0.25) is 0 Å². The first-order valence-corrected chi connectivity index (χ1v) is 13.1. The van der Waals surface area contributed by atoms with Crippen molar-refractivity contribution in [2.75, 3.05) is 0 Å². The fourth-order valence-electron chi connectivity index (χ4n) is 4.22. The molecule has 0 aromatic heterocycles. The lowest BCUT2D eigenvalue weighted by molar-refractivity contribution is 0.103. The van der Waals surface area contributed by atoms with Crippen molar-refractivity contribution < 1.29 is 14.3 Å². The first kappa shape index (κ1) is 28.1. The molecule has 4 aromatic rings. The number of hydrogen-bond donors (Lipinski definition) is 2. The van der Waals surface area contributed by atoms with Crippen LogP contribution in [0.3, 0.4) is 0 Å². The van der Waals surface area contributed by atoms with Gasteiger partial charge in [-0.3, -0.25) is 4.79 Å². The molecule has 0 aliphatic carbocycles. The van der Waals surface area contributed by atoms with Crippen LogP contribution in [0, 0.1) is 0 Å². The predicted octanol–water partition coefficient (Wildman–Crippen LogP) is 7.30. The average molecular weight is 523 g/mol. The van der Waals surface area contributed by atoms with Crippen LogP contribution in [0.25, 0.3) is 0 Å². The monoisotopic (exact) mass is 522 g/mol. The molecule has 0 radical (unpaired) electrons. The van der Waals surface area contributed by atoms with Crippen molar-refractivity contribution in [3.63, 3.8) is 0 Å². The summed E-state index contributed by atoms with van der Waals surface area (Å²) in [7, 11) is 0. The van der Waals surface area contributed by atoms with Gasteiger partial charge in [-0.15, -0.1) is 0 Å². The number of carbonyl (C=O) groups is 1. The molecule has 4 N–H and O–H groups in total. The van der Waals surface area contributed by atoms with Gasteiger partial charge >= 0.3 is 0 Å². The molecule has 0 spiro atoms. The summed E-state index contributed by atoms with van der Waals surface area (Å²) < 4.78 is 11.9. The SMILES string of the molecule is CC(C)(C)Oc1ccc(C(N)(N)c2ccc(Oc3ccc(C(=O)c4ccc(C(C)(C)C)cc4)cc3)cc2)cc1. The van der Waals surface area contributed by atoms with Crippen molar-refractivity contribution >= 4 is 5.78 Å². The van der Waals surface area contributed by atoms with Gasteiger partial charge in [0.15, 0.2) is 5.78 Å². The zero-order valence-electron chi connectivity index (χ0n) is 23.6. The molecule has 0 unspecified atom stereocenters. The second kappa shape index (κ2) is 10.7. The maximum atomic E-state index is 12.9. The molecule has 4 aromatic carbocycles. The Morgan fingerprint density at radius 3 is 1.31 bits per heavy atom. The highest BCUT2D eigenvalue weighted by atomic mass is 16.5. The van der Waals surface area contributed by atoms with Crippen LogP contribution < -0.4 is 20.9 Å². The Morgan fingerprint density at radius 2 is 0.897 bits per heavy atom. The van der Waals surface area contributed by atoms with E-state index in [1.54, 1.807) is 24.3 Å². The van der Waals surface area contributed by atoms with E-state index >= 15 is 0 Å². The minimum atomic E-state index is -1.17. The summed E-state index contributed by atoms with van der Waals surface area (Å²) in [5, 5.41) is 0. The molecule has 202 valence electrons. The van der Waals surface area contributed by atoms with Crippen molar-refractivity contribution in [3.05, 3.63) is 125 Å². The Kier molecular flexibility index (Phi) is 7.69. The maximum Gasteiger partial charge on any atom is 0.193 e. The molecule has 39 heavy (non-hydrogen) atoms. The van der Waals surface area contributed by atoms with E-state index in [2.05, 4.69) is 20.8 Å². The molecular weight excluding hydrogens is 484 g/mol. The van der Waals surface area contributed by atoms with E-state index in [4.69, 9.17) is 20.9 Å². The lowest BCUT2D eigenvalue weighted by Gasteiger charge is -2.27. The highest BCUT2D eigenvalue weighted by Crippen LogP contribution is 2.29. The van der Waals surface area contributed by atoms with E-state index in [9.17, 15) is 4.79 Å². The molecule has 0 fully saturated rings. The highest BCUT2D eigenvalue weighted by molar-refractivity contribution is 6.09. The van der Waals surface area contributed by atoms with Gasteiger partial charge in [0.1, 0.15) is 28.5 Å². The Labute approximate surface area is 231 Å². The van der Waals surface area contributed by atoms with Gasteiger partial charge in [0.25, 0.3) is 0 Å². The Bertz CT molecular complexity index is 1410. The van der Waals surface area contributed by atoms with E-state index in [0.717, 1.165) is 16.9 Å². The summed E-state index contributed by atoms with van der Waals surface area (Å²) in [4.78, 5) is 12.9. The number of nitrogens with two attached hydrogens (primary N) is 2. The summed E-state index contributed by atoms with van der Waals surface area (Å²) >= 11 is 0. The Morgan fingerprint density at radius 1 is 0.538 bits per heavy atom. The molecule has 0 saturated carbocycles. The second-order valence-corrected chi connectivity index (χ2v) is 11.9. The van der Waals surface area contributed by atoms with Crippen LogP contribution in [-0.2, 0) is 11.1 Å². The molecular formula is C34H38N2O3. The Balaban J connectivity index is 1.41. The van der Waals surface area contributed by atoms with Crippen LogP contribution in [0.1, 0.15) is 74.2 Å². The van der Waals surface area contributed by atoms with Gasteiger partial charge in [0.05, 0.1) is 0 Å². The van der Waals surface area contributed by atoms with E-state index in [-0.39, 0.29) is 16.8 Å². The molecule has 0 bridgehead atoms. The van der Waals surface area contributed by atoms with E-state index < -0.39 is 5.66 Å². The molecule has 0 aliphatic rings. The number of ketones is 1. The van der Waals surface area contributed by atoms with Crippen LogP contribution in [0.4, 0.5) is 0 Å². The van der Waals surface area contributed by atoms with Crippen molar-refractivity contribution in [3.8, 4) is 17.2 Å². The predicted molar refractivity (Wildman–Crippen MR) is 158 cm³/mol. The van der Waals surface area contributed by atoms with Gasteiger partial charge in [-0.2, -0.15) is 0 Å². The topological polar surface area (TPSA) is 87.6 Å². The molecule has 0 saturated heterocycles. The summed E-state index contributed by atoms with van der Waals surface area (Å²) in [6, 6.07) is 29.8. The molecule has 5 nitrogen and oxygen atoms in total. The van der Waals surface area contributed by atoms with Crippen LogP contribution in [0.5, 0.6) is 17.2 Å². The van der Waals surface area contributed by atoms with E-state index in [1.165, 1.54) is 5.56 Å². The minimum Gasteiger partial charge on any atom is -0.488 e. The molecule has 0 atom stereocenters. The molecule has 0 heterocycles. The van der Waals surface area contributed by atoms with Gasteiger partial charge in [0, 0.05) is 11.1 Å². The van der Waals surface area contributed by atoms with Crippen molar-refractivity contribution in [2.45, 2.75) is 58.2 Å². The summed E-state index contributed by atoms with van der Waals surface area (Å²) in [5.41, 5.74) is 15.6. The minimum absolute atomic E-state index is 0.0217. The quantitative estimate of drug-likeness (QED) is 0.196. The third-order valence-corrected chi connectivity index (χ3v) is 6.45. The van der Waals surface area contributed by atoms with E-state index in [1.807, 2.05) is 93.6 Å². The number of benzene rings is 4. The number of carbonyl (C=O) groups excluding carboxylic acids is 1. The second-order valence-electron chi connectivity index (χ2n) is 11.9. The number of ether oxygens (including phenoxy) is 2. The average Bonchev–Trinajstić information content (AvgIpc) is 2.88. The van der Waals surface area contributed by atoms with Crippen molar-refractivity contribution in [1.29, 1.82) is 0 Å². The van der Waals surface area contributed by atoms with Gasteiger partial charge in [-0.05, 0) is 91.4 Å². The first-order chi connectivity index (χ1) is 18.2. The van der Waals surface area contributed by atoms with Crippen molar-refractivity contribution in [1.82, 2.24) is 0 Å². The number of hydrogen-bond acceptors (Lipinski definition) is 5. The summed E-state index contributed by atoms with van der Waals surface area (Å²) in [6.45, 7) is 12.5. The van der Waals surface area contributed by atoms with Gasteiger partial charge in [-0.1, -0.05) is 69.3 Å². The molecule has 4 rings (SSSR count). The van der Waals surface area contributed by atoms with Crippen molar-refractivity contribution in [2.24, 2.45) is 11.5 Å². The first-order valence-electron chi connectivity index (χ1n) is 13.1. The zero-order chi connectivity index (χ0) is 28.4. The molecule has 0 amide bonds. The maximum absolute atomic E-state index is 12.9. The number of rotatable bonds is 7. The Hall–Kier alpha value is -3.93. The lowest BCUT2D eigenvalue weighted by Crippen LogP contribution is -2.47. The van der Waals surface area contributed by atoms with Crippen LogP contribution in [0.15, 0.2) is 97.1 Å². The normalized spacial score (nSPS) is 12.2. The molecule has 5 heteroatoms. The summed E-state index contributed by atoms with van der Waals surface area (Å²) in [5.74, 6) is 2.01.